The fraction of sp³-hybridized carbons (Fsp3) is 0.385. The van der Waals surface area contributed by atoms with E-state index >= 15 is 0 Å². The molecule has 0 radical (unpaired) electrons. The van der Waals surface area contributed by atoms with Crippen molar-refractivity contribution in [2.24, 2.45) is 5.73 Å². The average Bonchev–Trinajstić information content (AvgIpc) is 2.81. The topological polar surface area (TPSA) is 74.2 Å². The Bertz CT molecular complexity index is 554. The van der Waals surface area contributed by atoms with E-state index in [4.69, 9.17) is 26.6 Å². The lowest BCUT2D eigenvalue weighted by Crippen LogP contribution is -2.39. The molecule has 19 heavy (non-hydrogen) atoms. The van der Waals surface area contributed by atoms with Gasteiger partial charge in [0, 0.05) is 12.1 Å². The summed E-state index contributed by atoms with van der Waals surface area (Å²) in [5.41, 5.74) is 6.22. The Morgan fingerprint density at radius 3 is 2.84 bits per heavy atom. The molecule has 0 aliphatic heterocycles. The van der Waals surface area contributed by atoms with Crippen LogP contribution in [-0.4, -0.2) is 23.9 Å². The van der Waals surface area contributed by atoms with E-state index in [-0.39, 0.29) is 0 Å². The van der Waals surface area contributed by atoms with Gasteiger partial charge in [0.1, 0.15) is 5.54 Å². The predicted molar refractivity (Wildman–Crippen MR) is 72.0 cm³/mol. The molecule has 1 heterocycles. The number of aromatic nitrogens is 2. The maximum Gasteiger partial charge on any atom is 0.231 e. The van der Waals surface area contributed by atoms with E-state index < -0.39 is 5.54 Å². The Hall–Kier alpha value is -1.43. The molecule has 0 amide bonds. The van der Waals surface area contributed by atoms with Gasteiger partial charge in [-0.1, -0.05) is 35.0 Å². The third kappa shape index (κ3) is 3.32. The molecule has 0 bridgehead atoms. The minimum absolute atomic E-state index is 0.318. The van der Waals surface area contributed by atoms with Crippen LogP contribution < -0.4 is 5.73 Å². The van der Waals surface area contributed by atoms with Crippen LogP contribution in [0.4, 0.5) is 0 Å². The van der Waals surface area contributed by atoms with Gasteiger partial charge in [-0.2, -0.15) is 4.98 Å². The number of ether oxygens (including phenoxy) is 1. The molecule has 1 aromatic heterocycles. The van der Waals surface area contributed by atoms with Crippen LogP contribution in [0.1, 0.15) is 24.2 Å². The molecule has 0 aliphatic carbocycles. The molecule has 1 aromatic carbocycles. The Labute approximate surface area is 116 Å². The van der Waals surface area contributed by atoms with Crippen LogP contribution in [0.25, 0.3) is 0 Å². The predicted octanol–water partition coefficient (Wildman–Crippen LogP) is 2.13. The van der Waals surface area contributed by atoms with Crippen molar-refractivity contribution in [1.82, 2.24) is 10.1 Å². The minimum atomic E-state index is -0.767. The molecule has 6 heteroatoms. The third-order valence-electron chi connectivity index (χ3n) is 2.72. The van der Waals surface area contributed by atoms with Gasteiger partial charge in [-0.3, -0.25) is 0 Å². The minimum Gasteiger partial charge on any atom is -0.382 e. The highest BCUT2D eigenvalue weighted by Crippen LogP contribution is 2.20. The lowest BCUT2D eigenvalue weighted by Gasteiger charge is -2.18. The van der Waals surface area contributed by atoms with E-state index in [1.807, 2.05) is 24.3 Å². The van der Waals surface area contributed by atoms with Gasteiger partial charge in [-0.15, -0.1) is 0 Å². The first-order valence-electron chi connectivity index (χ1n) is 5.87. The van der Waals surface area contributed by atoms with Crippen molar-refractivity contribution in [2.75, 3.05) is 13.7 Å². The van der Waals surface area contributed by atoms with Crippen molar-refractivity contribution >= 4 is 11.6 Å². The van der Waals surface area contributed by atoms with Crippen LogP contribution in [0.5, 0.6) is 0 Å². The van der Waals surface area contributed by atoms with Gasteiger partial charge in [-0.25, -0.2) is 0 Å². The van der Waals surface area contributed by atoms with Crippen molar-refractivity contribution in [3.63, 3.8) is 0 Å². The zero-order valence-corrected chi connectivity index (χ0v) is 11.6. The number of benzene rings is 1. The van der Waals surface area contributed by atoms with Crippen molar-refractivity contribution in [1.29, 1.82) is 0 Å². The fourth-order valence-corrected chi connectivity index (χ4v) is 1.93. The van der Waals surface area contributed by atoms with Crippen LogP contribution in [0.3, 0.4) is 0 Å². The molecule has 0 saturated carbocycles. The van der Waals surface area contributed by atoms with Crippen molar-refractivity contribution in [3.8, 4) is 0 Å². The van der Waals surface area contributed by atoms with Gasteiger partial charge in [0.25, 0.3) is 0 Å². The van der Waals surface area contributed by atoms with Crippen LogP contribution in [0.15, 0.2) is 28.8 Å². The first-order chi connectivity index (χ1) is 9.03. The number of nitrogens with two attached hydrogens (primary N) is 1. The standard InChI is InChI=1S/C13H16ClN3O2/c1-13(15,8-18-2)12-16-11(19-17-12)7-9-5-3-4-6-10(9)14/h3-6H,7-8,15H2,1-2H3. The highest BCUT2D eigenvalue weighted by molar-refractivity contribution is 6.31. The Balaban J connectivity index is 2.16. The summed E-state index contributed by atoms with van der Waals surface area (Å²) in [7, 11) is 1.58. The molecule has 0 spiro atoms. The lowest BCUT2D eigenvalue weighted by atomic mass is 10.1. The molecule has 5 nitrogen and oxygen atoms in total. The number of hydrogen-bond acceptors (Lipinski definition) is 5. The molecule has 102 valence electrons. The van der Waals surface area contributed by atoms with E-state index in [1.54, 1.807) is 14.0 Å². The van der Waals surface area contributed by atoms with E-state index in [1.165, 1.54) is 0 Å². The number of rotatable bonds is 5. The first kappa shape index (κ1) is 14.0. The van der Waals surface area contributed by atoms with Crippen molar-refractivity contribution in [3.05, 3.63) is 46.6 Å². The van der Waals surface area contributed by atoms with Gasteiger partial charge < -0.3 is 15.0 Å². The fourth-order valence-electron chi connectivity index (χ4n) is 1.73. The summed E-state index contributed by atoms with van der Waals surface area (Å²) in [5.74, 6) is 0.910. The van der Waals surface area contributed by atoms with Gasteiger partial charge in [0.2, 0.25) is 5.89 Å². The van der Waals surface area contributed by atoms with Crippen LogP contribution >= 0.6 is 11.6 Å². The second kappa shape index (κ2) is 5.69. The zero-order chi connectivity index (χ0) is 13.9. The van der Waals surface area contributed by atoms with E-state index in [2.05, 4.69) is 10.1 Å². The smallest absolute Gasteiger partial charge is 0.231 e. The molecular formula is C13H16ClN3O2. The van der Waals surface area contributed by atoms with Gasteiger partial charge >= 0.3 is 0 Å². The van der Waals surface area contributed by atoms with E-state index in [0.29, 0.717) is 29.8 Å². The second-order valence-electron chi connectivity index (χ2n) is 4.63. The summed E-state index contributed by atoms with van der Waals surface area (Å²) in [6.07, 6.45) is 0.482. The van der Waals surface area contributed by atoms with Crippen molar-refractivity contribution < 1.29 is 9.26 Å². The first-order valence-corrected chi connectivity index (χ1v) is 6.25. The number of nitrogens with zero attached hydrogens (tertiary/aromatic N) is 2. The molecular weight excluding hydrogens is 266 g/mol. The van der Waals surface area contributed by atoms with Gasteiger partial charge in [0.15, 0.2) is 5.82 Å². The summed E-state index contributed by atoms with van der Waals surface area (Å²) in [6.45, 7) is 2.11. The molecule has 0 saturated heterocycles. The molecule has 1 atom stereocenters. The van der Waals surface area contributed by atoms with E-state index in [0.717, 1.165) is 5.56 Å². The molecule has 1 unspecified atom stereocenters. The summed E-state index contributed by atoms with van der Waals surface area (Å²) < 4.78 is 10.2. The molecule has 2 aromatic rings. The number of halogens is 1. The Morgan fingerprint density at radius 2 is 2.16 bits per heavy atom. The van der Waals surface area contributed by atoms with Gasteiger partial charge in [-0.05, 0) is 18.6 Å². The largest absolute Gasteiger partial charge is 0.382 e. The SMILES string of the molecule is COCC(C)(N)c1noc(Cc2ccccc2Cl)n1. The lowest BCUT2D eigenvalue weighted by molar-refractivity contribution is 0.135. The van der Waals surface area contributed by atoms with Crippen LogP contribution in [-0.2, 0) is 16.7 Å². The highest BCUT2D eigenvalue weighted by Gasteiger charge is 2.27. The maximum absolute atomic E-state index is 6.09. The average molecular weight is 282 g/mol. The zero-order valence-electron chi connectivity index (χ0n) is 10.9. The normalized spacial score (nSPS) is 14.3. The van der Waals surface area contributed by atoms with Gasteiger partial charge in [0.05, 0.1) is 13.0 Å². The molecule has 0 aliphatic rings. The van der Waals surface area contributed by atoms with Crippen LogP contribution in [0.2, 0.25) is 5.02 Å². The third-order valence-corrected chi connectivity index (χ3v) is 3.09. The Kier molecular flexibility index (Phi) is 4.19. The summed E-state index contributed by atoms with van der Waals surface area (Å²) in [6, 6.07) is 7.53. The van der Waals surface area contributed by atoms with Crippen LogP contribution in [0, 0.1) is 0 Å². The number of hydrogen-bond donors (Lipinski definition) is 1. The second-order valence-corrected chi connectivity index (χ2v) is 5.04. The molecule has 2 N–H and O–H groups in total. The highest BCUT2D eigenvalue weighted by atomic mass is 35.5. The Morgan fingerprint density at radius 1 is 1.42 bits per heavy atom. The number of methoxy groups -OCH3 is 1. The summed E-state index contributed by atoms with van der Waals surface area (Å²) in [5, 5.41) is 4.57. The van der Waals surface area contributed by atoms with E-state index in [9.17, 15) is 0 Å². The quantitative estimate of drug-likeness (QED) is 0.909. The summed E-state index contributed by atoms with van der Waals surface area (Å²) in [4.78, 5) is 4.30. The summed E-state index contributed by atoms with van der Waals surface area (Å²) >= 11 is 6.09. The molecule has 0 fully saturated rings. The van der Waals surface area contributed by atoms with Crippen molar-refractivity contribution in [2.45, 2.75) is 18.9 Å². The molecule has 2 rings (SSSR count). The monoisotopic (exact) mass is 281 g/mol. The maximum atomic E-state index is 6.09.